The van der Waals surface area contributed by atoms with Crippen molar-refractivity contribution in [1.29, 1.82) is 0 Å². The number of halogens is 1. The largest absolute Gasteiger partial charge is 0.325 e. The van der Waals surface area contributed by atoms with E-state index in [4.69, 9.17) is 0 Å². The van der Waals surface area contributed by atoms with E-state index in [0.29, 0.717) is 5.69 Å². The Labute approximate surface area is 153 Å². The number of rotatable bonds is 7. The molecule has 140 valence electrons. The zero-order valence-electron chi connectivity index (χ0n) is 15.0. The van der Waals surface area contributed by atoms with E-state index in [2.05, 4.69) is 10.6 Å². The fourth-order valence-electron chi connectivity index (χ4n) is 2.62. The minimum Gasteiger partial charge on any atom is -0.325 e. The molecule has 0 aliphatic heterocycles. The molecule has 0 aliphatic rings. The van der Waals surface area contributed by atoms with Crippen LogP contribution in [0.5, 0.6) is 0 Å². The van der Waals surface area contributed by atoms with Crippen molar-refractivity contribution in [2.75, 3.05) is 18.1 Å². The molecule has 7 heteroatoms. The zero-order valence-corrected chi connectivity index (χ0v) is 15.8. The highest BCUT2D eigenvalue weighted by molar-refractivity contribution is 7.90. The third-order valence-corrected chi connectivity index (χ3v) is 5.03. The fraction of sp³-hybridized carbons (Fsp3) is 0.316. The van der Waals surface area contributed by atoms with Crippen molar-refractivity contribution in [1.82, 2.24) is 5.32 Å². The molecule has 0 bridgehead atoms. The van der Waals surface area contributed by atoms with Gasteiger partial charge in [-0.15, -0.1) is 0 Å². The molecule has 0 aliphatic carbocycles. The number of anilines is 1. The van der Waals surface area contributed by atoms with Crippen LogP contribution in [0.25, 0.3) is 0 Å². The van der Waals surface area contributed by atoms with Gasteiger partial charge in [0.15, 0.2) is 9.84 Å². The summed E-state index contributed by atoms with van der Waals surface area (Å²) >= 11 is 0. The Morgan fingerprint density at radius 1 is 1.12 bits per heavy atom. The molecule has 26 heavy (non-hydrogen) atoms. The number of hydrogen-bond acceptors (Lipinski definition) is 4. The summed E-state index contributed by atoms with van der Waals surface area (Å²) < 4.78 is 36.3. The van der Waals surface area contributed by atoms with Crippen LogP contribution in [0.1, 0.15) is 25.5 Å². The summed E-state index contributed by atoms with van der Waals surface area (Å²) in [6.45, 7) is 4.06. The smallest absolute Gasteiger partial charge is 0.238 e. The number of carbonyl (C=O) groups excluding carboxylic acids is 1. The summed E-state index contributed by atoms with van der Waals surface area (Å²) in [4.78, 5) is 12.4. The summed E-state index contributed by atoms with van der Waals surface area (Å²) in [5.41, 5.74) is 1.32. The van der Waals surface area contributed by atoms with Crippen molar-refractivity contribution in [3.05, 3.63) is 59.9 Å². The topological polar surface area (TPSA) is 75.3 Å². The van der Waals surface area contributed by atoms with Crippen molar-refractivity contribution in [3.8, 4) is 0 Å². The lowest BCUT2D eigenvalue weighted by atomic mass is 9.96. The minimum absolute atomic E-state index is 0.0450. The van der Waals surface area contributed by atoms with Gasteiger partial charge in [-0.05, 0) is 41.8 Å². The second-order valence-electron chi connectivity index (χ2n) is 6.50. The van der Waals surface area contributed by atoms with E-state index in [1.807, 2.05) is 13.8 Å². The predicted molar refractivity (Wildman–Crippen MR) is 100 cm³/mol. The molecule has 1 atom stereocenters. The summed E-state index contributed by atoms with van der Waals surface area (Å²) in [6.07, 6.45) is 1.12. The Kier molecular flexibility index (Phi) is 6.50. The number of nitrogens with one attached hydrogen (secondary N) is 2. The minimum atomic E-state index is -3.34. The molecule has 0 heterocycles. The first-order valence-electron chi connectivity index (χ1n) is 8.25. The van der Waals surface area contributed by atoms with Gasteiger partial charge in [0, 0.05) is 18.0 Å². The van der Waals surface area contributed by atoms with Crippen LogP contribution in [0.2, 0.25) is 0 Å². The second kappa shape index (κ2) is 8.42. The molecule has 0 saturated carbocycles. The molecule has 5 nitrogen and oxygen atoms in total. The number of carbonyl (C=O) groups is 1. The number of sulfone groups is 1. The third kappa shape index (κ3) is 5.64. The van der Waals surface area contributed by atoms with Gasteiger partial charge in [-0.1, -0.05) is 32.0 Å². The Balaban J connectivity index is 2.02. The molecule has 2 aromatic carbocycles. The maximum Gasteiger partial charge on any atom is 0.238 e. The lowest BCUT2D eigenvalue weighted by Crippen LogP contribution is -2.33. The van der Waals surface area contributed by atoms with Crippen LogP contribution in [0.3, 0.4) is 0 Å². The maximum absolute atomic E-state index is 13.1. The molecule has 2 aromatic rings. The first-order valence-corrected chi connectivity index (χ1v) is 10.1. The predicted octanol–water partition coefficient (Wildman–Crippen LogP) is 3.15. The van der Waals surface area contributed by atoms with Crippen LogP contribution in [-0.2, 0) is 14.6 Å². The van der Waals surface area contributed by atoms with Gasteiger partial charge in [0.25, 0.3) is 0 Å². The van der Waals surface area contributed by atoms with E-state index in [-0.39, 0.29) is 35.1 Å². The number of amides is 1. The fourth-order valence-corrected chi connectivity index (χ4v) is 3.29. The van der Waals surface area contributed by atoms with Crippen molar-refractivity contribution in [3.63, 3.8) is 0 Å². The molecule has 1 amide bonds. The zero-order chi connectivity index (χ0) is 19.3. The Bertz CT molecular complexity index is 865. The van der Waals surface area contributed by atoms with Crippen molar-refractivity contribution in [2.45, 2.75) is 24.8 Å². The van der Waals surface area contributed by atoms with E-state index in [1.54, 1.807) is 24.3 Å². The average molecular weight is 378 g/mol. The lowest BCUT2D eigenvalue weighted by Gasteiger charge is -2.23. The molecule has 0 saturated heterocycles. The highest BCUT2D eigenvalue weighted by Gasteiger charge is 2.17. The van der Waals surface area contributed by atoms with Crippen LogP contribution in [0, 0.1) is 11.7 Å². The Hall–Kier alpha value is -2.25. The van der Waals surface area contributed by atoms with E-state index in [9.17, 15) is 17.6 Å². The molecule has 0 unspecified atom stereocenters. The summed E-state index contributed by atoms with van der Waals surface area (Å²) in [5, 5.41) is 5.85. The van der Waals surface area contributed by atoms with Crippen molar-refractivity contribution >= 4 is 21.4 Å². The highest BCUT2D eigenvalue weighted by atomic mass is 32.2. The van der Waals surface area contributed by atoms with Gasteiger partial charge >= 0.3 is 0 Å². The van der Waals surface area contributed by atoms with Gasteiger partial charge in [-0.2, -0.15) is 0 Å². The van der Waals surface area contributed by atoms with Crippen molar-refractivity contribution in [2.24, 2.45) is 5.92 Å². The van der Waals surface area contributed by atoms with Crippen LogP contribution in [-0.4, -0.2) is 27.1 Å². The summed E-state index contributed by atoms with van der Waals surface area (Å²) in [7, 11) is -3.34. The third-order valence-electron chi connectivity index (χ3n) is 3.92. The molecule has 0 aromatic heterocycles. The monoisotopic (exact) mass is 378 g/mol. The first kappa shape index (κ1) is 20.1. The maximum atomic E-state index is 13.1. The summed E-state index contributed by atoms with van der Waals surface area (Å²) in [5.74, 6) is -0.398. The SMILES string of the molecule is CC(C)[C@@H](NCC(=O)Nc1cccc(S(C)(=O)=O)c1)c1ccc(F)cc1. The van der Waals surface area contributed by atoms with E-state index >= 15 is 0 Å². The first-order chi connectivity index (χ1) is 12.2. The van der Waals surface area contributed by atoms with Gasteiger partial charge in [-0.25, -0.2) is 12.8 Å². The van der Waals surface area contributed by atoms with Crippen molar-refractivity contribution < 1.29 is 17.6 Å². The number of hydrogen-bond donors (Lipinski definition) is 2. The molecule has 0 radical (unpaired) electrons. The van der Waals surface area contributed by atoms with Gasteiger partial charge in [0.2, 0.25) is 5.91 Å². The Morgan fingerprint density at radius 3 is 2.35 bits per heavy atom. The molecular formula is C19H23FN2O3S. The highest BCUT2D eigenvalue weighted by Crippen LogP contribution is 2.22. The van der Waals surface area contributed by atoms with E-state index in [1.165, 1.54) is 24.3 Å². The van der Waals surface area contributed by atoms with Crippen LogP contribution in [0.15, 0.2) is 53.4 Å². The number of benzene rings is 2. The summed E-state index contributed by atoms with van der Waals surface area (Å²) in [6, 6.07) is 12.2. The molecule has 0 spiro atoms. The van der Waals surface area contributed by atoms with Gasteiger partial charge in [0.1, 0.15) is 5.82 Å². The quantitative estimate of drug-likeness (QED) is 0.776. The Morgan fingerprint density at radius 2 is 1.77 bits per heavy atom. The molecule has 0 fully saturated rings. The standard InChI is InChI=1S/C19H23FN2O3S/c1-13(2)19(14-7-9-15(20)10-8-14)21-12-18(23)22-16-5-4-6-17(11-16)26(3,24)25/h4-11,13,19,21H,12H2,1-3H3,(H,22,23)/t19-/m1/s1. The van der Waals surface area contributed by atoms with Crippen LogP contribution >= 0.6 is 0 Å². The molecule has 2 N–H and O–H groups in total. The van der Waals surface area contributed by atoms with Gasteiger partial charge < -0.3 is 10.6 Å². The normalized spacial score (nSPS) is 12.8. The average Bonchev–Trinajstić information content (AvgIpc) is 2.56. The van der Waals surface area contributed by atoms with Crippen LogP contribution in [0.4, 0.5) is 10.1 Å². The second-order valence-corrected chi connectivity index (χ2v) is 8.52. The van der Waals surface area contributed by atoms with Gasteiger partial charge in [0.05, 0.1) is 11.4 Å². The van der Waals surface area contributed by atoms with Gasteiger partial charge in [-0.3, -0.25) is 4.79 Å². The molecular weight excluding hydrogens is 355 g/mol. The lowest BCUT2D eigenvalue weighted by molar-refractivity contribution is -0.115. The van der Waals surface area contributed by atoms with E-state index < -0.39 is 9.84 Å². The molecule has 2 rings (SSSR count). The van der Waals surface area contributed by atoms with Crippen LogP contribution < -0.4 is 10.6 Å². The van der Waals surface area contributed by atoms with E-state index in [0.717, 1.165) is 11.8 Å².